The summed E-state index contributed by atoms with van der Waals surface area (Å²) in [5.41, 5.74) is 10.7. The van der Waals surface area contributed by atoms with Crippen LogP contribution < -0.4 is 27.4 Å². The number of carbonyl (C=O) groups excluding carboxylic acids is 4. The highest BCUT2D eigenvalue weighted by Gasteiger charge is 2.25. The lowest BCUT2D eigenvalue weighted by Crippen LogP contribution is -2.53. The molecule has 9 N–H and O–H groups in total. The molecule has 31 heavy (non-hydrogen) atoms. The monoisotopic (exact) mass is 463 g/mol. The zero-order valence-electron chi connectivity index (χ0n) is 17.1. The van der Waals surface area contributed by atoms with Gasteiger partial charge in [-0.1, -0.05) is 0 Å². The van der Waals surface area contributed by atoms with Crippen molar-refractivity contribution in [3.05, 3.63) is 0 Å². The molecule has 4 amide bonds. The average molecular weight is 464 g/mol. The van der Waals surface area contributed by atoms with Crippen LogP contribution in [0, 0.1) is 0 Å². The molecule has 0 aliphatic rings. The molecule has 0 aromatic carbocycles. The molecule has 0 fully saturated rings. The summed E-state index contributed by atoms with van der Waals surface area (Å²) >= 11 is 1.42. The standard InChI is InChI=1S/C17H29N5O8S/c1-31-7-6-10(22-15(27)9(18)2-4-12(19)23)16(28)20-8-13(24)21-11(17(29)30)3-5-14(25)26/h9-11H,2-8,18H2,1H3,(H2,19,23)(H,20,28)(H,21,24)(H,22,27)(H,25,26)(H,29,30). The highest BCUT2D eigenvalue weighted by atomic mass is 32.2. The first-order chi connectivity index (χ1) is 14.5. The maximum atomic E-state index is 12.4. The van der Waals surface area contributed by atoms with Gasteiger partial charge in [0.25, 0.3) is 0 Å². The molecule has 3 unspecified atom stereocenters. The molecule has 3 atom stereocenters. The highest BCUT2D eigenvalue weighted by molar-refractivity contribution is 7.98. The molecule has 13 nitrogen and oxygen atoms in total. The van der Waals surface area contributed by atoms with Crippen molar-refractivity contribution in [3.63, 3.8) is 0 Å². The number of carboxylic acid groups (broad SMARTS) is 2. The minimum absolute atomic E-state index is 0.00730. The number of nitrogens with two attached hydrogens (primary N) is 2. The third kappa shape index (κ3) is 13.1. The fraction of sp³-hybridized carbons (Fsp3) is 0.647. The van der Waals surface area contributed by atoms with E-state index in [1.165, 1.54) is 11.8 Å². The summed E-state index contributed by atoms with van der Waals surface area (Å²) in [6.45, 7) is -0.574. The van der Waals surface area contributed by atoms with Crippen LogP contribution in [0.3, 0.4) is 0 Å². The highest BCUT2D eigenvalue weighted by Crippen LogP contribution is 2.03. The molecule has 0 rings (SSSR count). The van der Waals surface area contributed by atoms with Gasteiger partial charge in [-0.25, -0.2) is 4.79 Å². The van der Waals surface area contributed by atoms with Gasteiger partial charge in [0, 0.05) is 12.8 Å². The van der Waals surface area contributed by atoms with E-state index in [0.29, 0.717) is 5.75 Å². The first-order valence-corrected chi connectivity index (χ1v) is 10.7. The Balaban J connectivity index is 4.79. The molecule has 0 radical (unpaired) electrons. The Kier molecular flexibility index (Phi) is 13.6. The van der Waals surface area contributed by atoms with E-state index in [4.69, 9.17) is 21.7 Å². The van der Waals surface area contributed by atoms with Crippen LogP contribution in [0.5, 0.6) is 0 Å². The quantitative estimate of drug-likeness (QED) is 0.126. The van der Waals surface area contributed by atoms with E-state index in [1.54, 1.807) is 6.26 Å². The molecule has 0 bridgehead atoms. The molecule has 176 valence electrons. The molecule has 0 aliphatic heterocycles. The van der Waals surface area contributed by atoms with Crippen LogP contribution >= 0.6 is 11.8 Å². The summed E-state index contributed by atoms with van der Waals surface area (Å²) in [5, 5.41) is 24.5. The summed E-state index contributed by atoms with van der Waals surface area (Å²) in [6, 6.07) is -3.48. The van der Waals surface area contributed by atoms with Crippen molar-refractivity contribution in [2.45, 2.75) is 50.2 Å². The van der Waals surface area contributed by atoms with E-state index in [2.05, 4.69) is 16.0 Å². The molecule has 0 aromatic rings. The second-order valence-electron chi connectivity index (χ2n) is 6.56. The van der Waals surface area contributed by atoms with Crippen LogP contribution in [-0.2, 0) is 28.8 Å². The SMILES string of the molecule is CSCCC(NC(=O)C(N)CCC(N)=O)C(=O)NCC(=O)NC(CCC(=O)O)C(=O)O. The fourth-order valence-corrected chi connectivity index (χ4v) is 2.74. The van der Waals surface area contributed by atoms with Crippen LogP contribution in [-0.4, -0.2) is 82.5 Å². The number of hydrogen-bond acceptors (Lipinski definition) is 8. The van der Waals surface area contributed by atoms with Gasteiger partial charge in [0.1, 0.15) is 12.1 Å². The Morgan fingerprint density at radius 2 is 1.55 bits per heavy atom. The molecule has 0 aliphatic carbocycles. The lowest BCUT2D eigenvalue weighted by molar-refractivity contribution is -0.143. The van der Waals surface area contributed by atoms with E-state index < -0.39 is 66.7 Å². The van der Waals surface area contributed by atoms with E-state index in [-0.39, 0.29) is 25.7 Å². The number of carbonyl (C=O) groups is 6. The first kappa shape index (κ1) is 28.1. The van der Waals surface area contributed by atoms with Crippen molar-refractivity contribution in [2.75, 3.05) is 18.6 Å². The minimum atomic E-state index is -1.42. The number of rotatable bonds is 16. The van der Waals surface area contributed by atoms with Gasteiger partial charge in [-0.3, -0.25) is 24.0 Å². The van der Waals surface area contributed by atoms with Crippen molar-refractivity contribution < 1.29 is 39.0 Å². The van der Waals surface area contributed by atoms with Crippen LogP contribution in [0.15, 0.2) is 0 Å². The number of thioether (sulfide) groups is 1. The van der Waals surface area contributed by atoms with E-state index in [0.717, 1.165) is 0 Å². The van der Waals surface area contributed by atoms with Gasteiger partial charge in [0.2, 0.25) is 23.6 Å². The third-order valence-corrected chi connectivity index (χ3v) is 4.63. The largest absolute Gasteiger partial charge is 0.481 e. The Labute approximate surface area is 183 Å². The number of primary amides is 1. The van der Waals surface area contributed by atoms with Crippen molar-refractivity contribution in [2.24, 2.45) is 11.5 Å². The van der Waals surface area contributed by atoms with Crippen LogP contribution in [0.25, 0.3) is 0 Å². The summed E-state index contributed by atoms with van der Waals surface area (Å²) in [5.74, 6) is -4.90. The Hall–Kier alpha value is -2.87. The van der Waals surface area contributed by atoms with Crippen LogP contribution in [0.2, 0.25) is 0 Å². The van der Waals surface area contributed by atoms with Crippen LogP contribution in [0.4, 0.5) is 0 Å². The van der Waals surface area contributed by atoms with Gasteiger partial charge in [-0.05, 0) is 31.3 Å². The zero-order chi connectivity index (χ0) is 24.0. The lowest BCUT2D eigenvalue weighted by atomic mass is 10.1. The molecule has 0 saturated heterocycles. The topological polar surface area (TPSA) is 231 Å². The molecular weight excluding hydrogens is 434 g/mol. The first-order valence-electron chi connectivity index (χ1n) is 9.32. The number of aliphatic carboxylic acids is 2. The maximum Gasteiger partial charge on any atom is 0.326 e. The Morgan fingerprint density at radius 1 is 0.903 bits per heavy atom. The predicted molar refractivity (Wildman–Crippen MR) is 111 cm³/mol. The van der Waals surface area contributed by atoms with Crippen molar-refractivity contribution in [3.8, 4) is 0 Å². The van der Waals surface area contributed by atoms with Crippen molar-refractivity contribution >= 4 is 47.3 Å². The Bertz CT molecular complexity index is 675. The zero-order valence-corrected chi connectivity index (χ0v) is 17.9. The number of nitrogens with one attached hydrogen (secondary N) is 3. The second kappa shape index (κ2) is 15.0. The molecule has 0 saturated carbocycles. The summed E-state index contributed by atoms with van der Waals surface area (Å²) in [6.07, 6.45) is 1.17. The minimum Gasteiger partial charge on any atom is -0.481 e. The Morgan fingerprint density at radius 3 is 2.06 bits per heavy atom. The van der Waals surface area contributed by atoms with E-state index in [9.17, 15) is 28.8 Å². The third-order valence-electron chi connectivity index (χ3n) is 3.99. The second-order valence-corrected chi connectivity index (χ2v) is 7.55. The number of carboxylic acids is 2. The van der Waals surface area contributed by atoms with Gasteiger partial charge < -0.3 is 37.6 Å². The van der Waals surface area contributed by atoms with Gasteiger partial charge in [-0.15, -0.1) is 0 Å². The van der Waals surface area contributed by atoms with E-state index in [1.807, 2.05) is 0 Å². The molecule has 0 spiro atoms. The molecule has 0 heterocycles. The van der Waals surface area contributed by atoms with Gasteiger partial charge in [0.15, 0.2) is 0 Å². The van der Waals surface area contributed by atoms with Gasteiger partial charge in [-0.2, -0.15) is 11.8 Å². The average Bonchev–Trinajstić information content (AvgIpc) is 2.69. The fourth-order valence-electron chi connectivity index (χ4n) is 2.27. The van der Waals surface area contributed by atoms with Crippen LogP contribution in [0.1, 0.15) is 32.1 Å². The molecular formula is C17H29N5O8S. The maximum absolute atomic E-state index is 12.4. The van der Waals surface area contributed by atoms with Gasteiger partial charge >= 0.3 is 11.9 Å². The molecule has 0 aromatic heterocycles. The predicted octanol–water partition coefficient (Wildman–Crippen LogP) is -2.63. The molecule has 14 heteroatoms. The summed E-state index contributed by atoms with van der Waals surface area (Å²) in [4.78, 5) is 69.0. The van der Waals surface area contributed by atoms with E-state index >= 15 is 0 Å². The lowest BCUT2D eigenvalue weighted by Gasteiger charge is -2.20. The smallest absolute Gasteiger partial charge is 0.326 e. The number of amides is 4. The normalized spacial score (nSPS) is 13.4. The number of hydrogen-bond donors (Lipinski definition) is 7. The summed E-state index contributed by atoms with van der Waals surface area (Å²) < 4.78 is 0. The van der Waals surface area contributed by atoms with Gasteiger partial charge in [0.05, 0.1) is 12.6 Å². The van der Waals surface area contributed by atoms with Crippen molar-refractivity contribution in [1.82, 2.24) is 16.0 Å². The summed E-state index contributed by atoms with van der Waals surface area (Å²) in [7, 11) is 0. The van der Waals surface area contributed by atoms with Crippen molar-refractivity contribution in [1.29, 1.82) is 0 Å².